The lowest BCUT2D eigenvalue weighted by Crippen LogP contribution is -2.60. The van der Waals surface area contributed by atoms with E-state index < -0.39 is 23.2 Å². The summed E-state index contributed by atoms with van der Waals surface area (Å²) in [4.78, 5) is 12.5. The van der Waals surface area contributed by atoms with Crippen LogP contribution in [0.2, 0.25) is 0 Å². The monoisotopic (exact) mass is 421 g/mol. The molecule has 1 aliphatic heterocycles. The first-order valence-corrected chi connectivity index (χ1v) is 10.1. The molecule has 0 saturated heterocycles. The maximum atomic E-state index is 12.5. The first kappa shape index (κ1) is 19.7. The van der Waals surface area contributed by atoms with Gasteiger partial charge in [-0.05, 0) is 24.6 Å². The van der Waals surface area contributed by atoms with Gasteiger partial charge < -0.3 is 30.2 Å². The zero-order valence-corrected chi connectivity index (χ0v) is 17.0. The number of phenolic OH excluding ortho intramolecular Hbond substituents is 1. The summed E-state index contributed by atoms with van der Waals surface area (Å²) in [6.45, 7) is 1.40. The molecule has 0 spiro atoms. The van der Waals surface area contributed by atoms with E-state index >= 15 is 0 Å². The van der Waals surface area contributed by atoms with Crippen molar-refractivity contribution in [1.82, 2.24) is 0 Å². The van der Waals surface area contributed by atoms with Crippen molar-refractivity contribution < 1.29 is 24.5 Å². The van der Waals surface area contributed by atoms with Crippen LogP contribution >= 0.6 is 0 Å². The first-order chi connectivity index (χ1) is 14.7. The molecule has 7 nitrogen and oxygen atoms in total. The third-order valence-electron chi connectivity index (χ3n) is 6.54. The van der Waals surface area contributed by atoms with Crippen LogP contribution in [-0.2, 0) is 13.0 Å². The highest BCUT2D eigenvalue weighted by atomic mass is 16.5. The molecule has 0 radical (unpaired) electrons. The molecule has 2 aromatic carbocycles. The summed E-state index contributed by atoms with van der Waals surface area (Å²) in [5, 5.41) is 31.7. The fourth-order valence-corrected chi connectivity index (χ4v) is 4.69. The van der Waals surface area contributed by atoms with Crippen LogP contribution in [0.3, 0.4) is 0 Å². The summed E-state index contributed by atoms with van der Waals surface area (Å²) in [5.74, 6) is 0.192. The highest BCUT2D eigenvalue weighted by Gasteiger charge is 2.54. The van der Waals surface area contributed by atoms with Crippen LogP contribution in [0.4, 0.5) is 5.69 Å². The summed E-state index contributed by atoms with van der Waals surface area (Å²) >= 11 is 0. The molecule has 0 amide bonds. The normalized spacial score (nSPS) is 26.9. The maximum absolute atomic E-state index is 12.5. The van der Waals surface area contributed by atoms with Crippen LogP contribution < -0.4 is 15.9 Å². The Kier molecular flexibility index (Phi) is 4.19. The van der Waals surface area contributed by atoms with Crippen molar-refractivity contribution in [2.24, 2.45) is 0 Å². The van der Waals surface area contributed by atoms with Crippen LogP contribution in [-0.4, -0.2) is 26.5 Å². The largest absolute Gasteiger partial charge is 0.507 e. The van der Waals surface area contributed by atoms with E-state index in [4.69, 9.17) is 14.9 Å². The van der Waals surface area contributed by atoms with Crippen molar-refractivity contribution in [3.63, 3.8) is 0 Å². The van der Waals surface area contributed by atoms with Crippen LogP contribution in [0.1, 0.15) is 36.1 Å². The summed E-state index contributed by atoms with van der Waals surface area (Å²) in [6, 6.07) is 10.3. The van der Waals surface area contributed by atoms with Crippen molar-refractivity contribution >= 4 is 16.7 Å². The number of ether oxygens (including phenoxy) is 1. The quantitative estimate of drug-likeness (QED) is 0.370. The Hall–Kier alpha value is -3.29. The second kappa shape index (κ2) is 6.60. The summed E-state index contributed by atoms with van der Waals surface area (Å²) < 4.78 is 11.8. The Balaban J connectivity index is 1.61. The minimum absolute atomic E-state index is 0.00583. The van der Waals surface area contributed by atoms with Crippen LogP contribution in [0.25, 0.3) is 11.0 Å². The Morgan fingerprint density at radius 1 is 1.23 bits per heavy atom. The van der Waals surface area contributed by atoms with Crippen molar-refractivity contribution in [3.05, 3.63) is 75.7 Å². The zero-order valence-electron chi connectivity index (χ0n) is 17.0. The second-order valence-corrected chi connectivity index (χ2v) is 8.58. The third kappa shape index (κ3) is 2.92. The summed E-state index contributed by atoms with van der Waals surface area (Å²) in [5.41, 5.74) is 5.22. The molecule has 3 atom stereocenters. The maximum Gasteiger partial charge on any atom is 0.196 e. The Morgan fingerprint density at radius 2 is 1.97 bits per heavy atom. The van der Waals surface area contributed by atoms with E-state index in [-0.39, 0.29) is 34.8 Å². The number of nitrogens with two attached hydrogens (primary N) is 1. The second-order valence-electron chi connectivity index (χ2n) is 8.58. The van der Waals surface area contributed by atoms with E-state index in [9.17, 15) is 20.1 Å². The van der Waals surface area contributed by atoms with Gasteiger partial charge in [0, 0.05) is 42.1 Å². The van der Waals surface area contributed by atoms with Gasteiger partial charge >= 0.3 is 0 Å². The number of hydrogen-bond acceptors (Lipinski definition) is 7. The fourth-order valence-electron chi connectivity index (χ4n) is 4.69. The predicted octanol–water partition coefficient (Wildman–Crippen LogP) is 2.74. The number of anilines is 1. The van der Waals surface area contributed by atoms with Gasteiger partial charge in [-0.25, -0.2) is 0 Å². The highest BCUT2D eigenvalue weighted by Crippen LogP contribution is 2.51. The highest BCUT2D eigenvalue weighted by molar-refractivity contribution is 5.87. The molecule has 5 rings (SSSR count). The van der Waals surface area contributed by atoms with Gasteiger partial charge in [0.05, 0.1) is 0 Å². The predicted molar refractivity (Wildman–Crippen MR) is 115 cm³/mol. The fraction of sp³-hybridized carbons (Fsp3) is 0.292. The molecule has 2 aliphatic rings. The standard InChI is InChI=1S/C24H23NO6/c1-23-10-14(13-2-4-15(25)5-3-13)6-7-24(23,29)11-17-19(31-23)9-20-21(22(17)28)18(27)8-16(12-26)30-20/h2-9,14,26,28-29H,10-12,25H2,1H3/t14-,23+,24-/m1/s1. The molecule has 1 aliphatic carbocycles. The average molecular weight is 421 g/mol. The molecule has 0 unspecified atom stereocenters. The smallest absolute Gasteiger partial charge is 0.196 e. The molecule has 0 saturated carbocycles. The van der Waals surface area contributed by atoms with Gasteiger partial charge in [-0.1, -0.05) is 24.3 Å². The van der Waals surface area contributed by atoms with E-state index in [0.717, 1.165) is 11.6 Å². The number of hydrogen-bond donors (Lipinski definition) is 4. The van der Waals surface area contributed by atoms with Crippen LogP contribution in [0.15, 0.2) is 57.8 Å². The number of phenols is 1. The number of benzene rings is 2. The van der Waals surface area contributed by atoms with Crippen molar-refractivity contribution in [2.45, 2.75) is 43.5 Å². The lowest BCUT2D eigenvalue weighted by atomic mass is 9.67. The van der Waals surface area contributed by atoms with Crippen LogP contribution in [0.5, 0.6) is 11.5 Å². The van der Waals surface area contributed by atoms with E-state index in [2.05, 4.69) is 0 Å². The van der Waals surface area contributed by atoms with Gasteiger partial charge in [0.15, 0.2) is 5.43 Å². The summed E-state index contributed by atoms with van der Waals surface area (Å²) in [7, 11) is 0. The molecule has 31 heavy (non-hydrogen) atoms. The number of rotatable bonds is 2. The Bertz CT molecular complexity index is 1280. The van der Waals surface area contributed by atoms with E-state index in [0.29, 0.717) is 23.4 Å². The van der Waals surface area contributed by atoms with Crippen molar-refractivity contribution in [2.75, 3.05) is 5.73 Å². The van der Waals surface area contributed by atoms with Gasteiger partial charge in [-0.3, -0.25) is 4.79 Å². The van der Waals surface area contributed by atoms with Crippen molar-refractivity contribution in [1.29, 1.82) is 0 Å². The van der Waals surface area contributed by atoms with E-state index in [1.807, 2.05) is 37.3 Å². The molecule has 7 heteroatoms. The number of aromatic hydroxyl groups is 1. The zero-order chi connectivity index (χ0) is 22.0. The number of fused-ring (bicyclic) bond motifs is 3. The molecule has 0 bridgehead atoms. The van der Waals surface area contributed by atoms with Crippen molar-refractivity contribution in [3.8, 4) is 11.5 Å². The lowest BCUT2D eigenvalue weighted by molar-refractivity contribution is -0.117. The molecule has 0 fully saturated rings. The minimum atomic E-state index is -1.36. The number of aliphatic hydroxyl groups excluding tert-OH is 1. The molecular weight excluding hydrogens is 398 g/mol. The first-order valence-electron chi connectivity index (χ1n) is 10.1. The Labute approximate surface area is 178 Å². The molecule has 2 heterocycles. The molecular formula is C24H23NO6. The number of allylic oxidation sites excluding steroid dienone is 1. The topological polar surface area (TPSA) is 126 Å². The van der Waals surface area contributed by atoms with E-state index in [1.54, 1.807) is 12.1 Å². The molecule has 3 aromatic rings. The SMILES string of the molecule is C[C@]12C[C@H](c3ccc(N)cc3)C=C[C@@]1(O)Cc1c(cc3oc(CO)cc(=O)c3c1O)O2. The average Bonchev–Trinajstić information content (AvgIpc) is 2.73. The minimum Gasteiger partial charge on any atom is -0.507 e. The summed E-state index contributed by atoms with van der Waals surface area (Å²) in [6.07, 6.45) is 4.26. The van der Waals surface area contributed by atoms with Gasteiger partial charge in [0.1, 0.15) is 46.0 Å². The van der Waals surface area contributed by atoms with Gasteiger partial charge in [-0.15, -0.1) is 0 Å². The number of nitrogen functional groups attached to an aromatic ring is 1. The van der Waals surface area contributed by atoms with E-state index in [1.165, 1.54) is 0 Å². The Morgan fingerprint density at radius 3 is 2.68 bits per heavy atom. The van der Waals surface area contributed by atoms with Gasteiger partial charge in [0.2, 0.25) is 0 Å². The molecule has 5 N–H and O–H groups in total. The van der Waals surface area contributed by atoms with Gasteiger partial charge in [-0.2, -0.15) is 0 Å². The number of aliphatic hydroxyl groups is 2. The van der Waals surface area contributed by atoms with Crippen LogP contribution in [0, 0.1) is 0 Å². The lowest BCUT2D eigenvalue weighted by Gasteiger charge is -2.50. The van der Waals surface area contributed by atoms with Gasteiger partial charge in [0.25, 0.3) is 0 Å². The third-order valence-corrected chi connectivity index (χ3v) is 6.54. The molecule has 1 aromatic heterocycles. The molecule has 160 valence electrons.